The van der Waals surface area contributed by atoms with Crippen molar-refractivity contribution in [1.29, 1.82) is 0 Å². The molecule has 0 radical (unpaired) electrons. The first-order chi connectivity index (χ1) is 8.75. The quantitative estimate of drug-likeness (QED) is 0.771. The lowest BCUT2D eigenvalue weighted by molar-refractivity contribution is 0.408. The van der Waals surface area contributed by atoms with Crippen molar-refractivity contribution >= 4 is 0 Å². The summed E-state index contributed by atoms with van der Waals surface area (Å²) in [4.78, 5) is 0. The molecule has 0 aliphatic carbocycles. The largest absolute Gasteiger partial charge is 0.468 e. The summed E-state index contributed by atoms with van der Waals surface area (Å²) in [5.41, 5.74) is 2.42. The second-order valence-electron chi connectivity index (χ2n) is 4.60. The Morgan fingerprint density at radius 2 is 2.00 bits per heavy atom. The molecule has 94 valence electrons. The third kappa shape index (κ3) is 3.60. The number of hydrogen-bond donors (Lipinski definition) is 1. The monoisotopic (exact) mass is 241 g/mol. The van der Waals surface area contributed by atoms with Gasteiger partial charge >= 0.3 is 0 Å². The molecular formula is C16H19NO. The Kier molecular flexibility index (Phi) is 4.37. The number of nitrogens with one attached hydrogen (secondary N) is 1. The van der Waals surface area contributed by atoms with Gasteiger partial charge in [-0.15, -0.1) is 6.58 Å². The zero-order chi connectivity index (χ0) is 12.8. The van der Waals surface area contributed by atoms with E-state index in [-0.39, 0.29) is 6.04 Å². The summed E-state index contributed by atoms with van der Waals surface area (Å²) in [6.07, 6.45) is 2.60. The molecule has 0 spiro atoms. The van der Waals surface area contributed by atoms with Crippen molar-refractivity contribution in [2.45, 2.75) is 25.9 Å². The van der Waals surface area contributed by atoms with Crippen molar-refractivity contribution in [2.75, 3.05) is 0 Å². The molecule has 1 atom stereocenters. The molecule has 2 nitrogen and oxygen atoms in total. The molecule has 0 saturated heterocycles. The lowest BCUT2D eigenvalue weighted by Crippen LogP contribution is -2.20. The average molecular weight is 241 g/mol. The summed E-state index contributed by atoms with van der Waals surface area (Å²) in [5.74, 6) is 0.967. The predicted molar refractivity (Wildman–Crippen MR) is 74.2 cm³/mol. The minimum Gasteiger partial charge on any atom is -0.468 e. The van der Waals surface area contributed by atoms with E-state index in [1.165, 1.54) is 5.56 Å². The van der Waals surface area contributed by atoms with Gasteiger partial charge in [0.2, 0.25) is 0 Å². The lowest BCUT2D eigenvalue weighted by atomic mass is 10.1. The van der Waals surface area contributed by atoms with Gasteiger partial charge in [-0.25, -0.2) is 0 Å². The molecule has 2 heteroatoms. The standard InChI is InChI=1S/C16H19NO/c1-13(2)11-15(16-9-6-10-18-16)17-12-14-7-4-3-5-8-14/h3-10,15,17H,1,11-12H2,2H3/t15-/m0/s1. The molecule has 0 aliphatic rings. The highest BCUT2D eigenvalue weighted by atomic mass is 16.3. The zero-order valence-corrected chi connectivity index (χ0v) is 10.7. The molecule has 0 fully saturated rings. The molecule has 1 N–H and O–H groups in total. The van der Waals surface area contributed by atoms with Crippen LogP contribution in [0.4, 0.5) is 0 Å². The van der Waals surface area contributed by atoms with E-state index in [0.29, 0.717) is 0 Å². The maximum atomic E-state index is 5.48. The predicted octanol–water partition coefficient (Wildman–Crippen LogP) is 4.08. The van der Waals surface area contributed by atoms with Crippen LogP contribution in [0.3, 0.4) is 0 Å². The van der Waals surface area contributed by atoms with Gasteiger partial charge in [-0.2, -0.15) is 0 Å². The van der Waals surface area contributed by atoms with Crippen LogP contribution in [0.1, 0.15) is 30.7 Å². The first-order valence-corrected chi connectivity index (χ1v) is 6.21. The Bertz CT molecular complexity index is 473. The topological polar surface area (TPSA) is 25.2 Å². The van der Waals surface area contributed by atoms with Crippen LogP contribution in [0.25, 0.3) is 0 Å². The highest BCUT2D eigenvalue weighted by Gasteiger charge is 2.13. The van der Waals surface area contributed by atoms with E-state index in [2.05, 4.69) is 36.2 Å². The summed E-state index contributed by atoms with van der Waals surface area (Å²) in [6, 6.07) is 14.5. The van der Waals surface area contributed by atoms with Crippen LogP contribution in [-0.2, 0) is 6.54 Å². The molecular weight excluding hydrogens is 222 g/mol. The van der Waals surface area contributed by atoms with Crippen LogP contribution in [0.2, 0.25) is 0 Å². The van der Waals surface area contributed by atoms with Gasteiger partial charge in [0.05, 0.1) is 12.3 Å². The highest BCUT2D eigenvalue weighted by Crippen LogP contribution is 2.21. The zero-order valence-electron chi connectivity index (χ0n) is 10.7. The fourth-order valence-electron chi connectivity index (χ4n) is 1.95. The van der Waals surface area contributed by atoms with Gasteiger partial charge in [0.1, 0.15) is 5.76 Å². The first-order valence-electron chi connectivity index (χ1n) is 6.21. The Morgan fingerprint density at radius 3 is 2.61 bits per heavy atom. The van der Waals surface area contributed by atoms with Crippen LogP contribution in [0, 0.1) is 0 Å². The Balaban J connectivity index is 2.00. The van der Waals surface area contributed by atoms with Crippen LogP contribution in [0.15, 0.2) is 65.3 Å². The van der Waals surface area contributed by atoms with E-state index >= 15 is 0 Å². The molecule has 1 aromatic heterocycles. The smallest absolute Gasteiger partial charge is 0.121 e. The molecule has 0 amide bonds. The Labute approximate surface area is 108 Å². The van der Waals surface area contributed by atoms with Crippen molar-refractivity contribution < 1.29 is 4.42 Å². The molecule has 2 rings (SSSR count). The Morgan fingerprint density at radius 1 is 1.22 bits per heavy atom. The maximum absolute atomic E-state index is 5.48. The highest BCUT2D eigenvalue weighted by molar-refractivity contribution is 5.15. The van der Waals surface area contributed by atoms with E-state index in [4.69, 9.17) is 4.42 Å². The first kappa shape index (κ1) is 12.7. The molecule has 2 aromatic rings. The molecule has 0 saturated carbocycles. The van der Waals surface area contributed by atoms with Crippen LogP contribution in [0.5, 0.6) is 0 Å². The number of rotatable bonds is 6. The summed E-state index contributed by atoms with van der Waals surface area (Å²) in [5, 5.41) is 3.52. The van der Waals surface area contributed by atoms with Gasteiger partial charge < -0.3 is 9.73 Å². The van der Waals surface area contributed by atoms with Gasteiger partial charge in [-0.1, -0.05) is 35.9 Å². The molecule has 18 heavy (non-hydrogen) atoms. The molecule has 0 unspecified atom stereocenters. The summed E-state index contributed by atoms with van der Waals surface area (Å²) in [7, 11) is 0. The minimum atomic E-state index is 0.192. The molecule has 1 aromatic carbocycles. The van der Waals surface area contributed by atoms with Gasteiger partial charge in [0, 0.05) is 6.54 Å². The van der Waals surface area contributed by atoms with Crippen molar-refractivity contribution in [3.05, 3.63) is 72.2 Å². The fourth-order valence-corrected chi connectivity index (χ4v) is 1.95. The summed E-state index contributed by atoms with van der Waals surface area (Å²) < 4.78 is 5.48. The normalized spacial score (nSPS) is 12.3. The van der Waals surface area contributed by atoms with Crippen molar-refractivity contribution in [2.24, 2.45) is 0 Å². The van der Waals surface area contributed by atoms with Crippen LogP contribution in [-0.4, -0.2) is 0 Å². The van der Waals surface area contributed by atoms with Crippen molar-refractivity contribution in [3.63, 3.8) is 0 Å². The second kappa shape index (κ2) is 6.22. The summed E-state index contributed by atoms with van der Waals surface area (Å²) >= 11 is 0. The average Bonchev–Trinajstić information content (AvgIpc) is 2.89. The second-order valence-corrected chi connectivity index (χ2v) is 4.60. The number of hydrogen-bond acceptors (Lipinski definition) is 2. The van der Waals surface area contributed by atoms with Crippen molar-refractivity contribution in [3.8, 4) is 0 Å². The third-order valence-corrected chi connectivity index (χ3v) is 2.83. The number of benzene rings is 1. The van der Waals surface area contributed by atoms with Gasteiger partial charge in [0.15, 0.2) is 0 Å². The third-order valence-electron chi connectivity index (χ3n) is 2.83. The SMILES string of the molecule is C=C(C)C[C@H](NCc1ccccc1)c1ccco1. The maximum Gasteiger partial charge on any atom is 0.121 e. The van der Waals surface area contributed by atoms with Gasteiger partial charge in [0.25, 0.3) is 0 Å². The van der Waals surface area contributed by atoms with Gasteiger partial charge in [-0.05, 0) is 31.0 Å². The molecule has 0 aliphatic heterocycles. The summed E-state index contributed by atoms with van der Waals surface area (Å²) in [6.45, 7) is 6.85. The van der Waals surface area contributed by atoms with E-state index in [1.807, 2.05) is 25.1 Å². The molecule has 1 heterocycles. The Hall–Kier alpha value is -1.80. The van der Waals surface area contributed by atoms with E-state index in [1.54, 1.807) is 6.26 Å². The fraction of sp³-hybridized carbons (Fsp3) is 0.250. The van der Waals surface area contributed by atoms with E-state index < -0.39 is 0 Å². The van der Waals surface area contributed by atoms with E-state index in [9.17, 15) is 0 Å². The molecule has 0 bridgehead atoms. The lowest BCUT2D eigenvalue weighted by Gasteiger charge is -2.16. The van der Waals surface area contributed by atoms with Crippen molar-refractivity contribution in [1.82, 2.24) is 5.32 Å². The number of furan rings is 1. The van der Waals surface area contributed by atoms with Gasteiger partial charge in [-0.3, -0.25) is 0 Å². The van der Waals surface area contributed by atoms with E-state index in [0.717, 1.165) is 24.3 Å². The van der Waals surface area contributed by atoms with Crippen LogP contribution < -0.4 is 5.32 Å². The van der Waals surface area contributed by atoms with Crippen LogP contribution >= 0.6 is 0 Å². The minimum absolute atomic E-state index is 0.192.